The van der Waals surface area contributed by atoms with Crippen LogP contribution in [0.1, 0.15) is 17.7 Å². The van der Waals surface area contributed by atoms with E-state index in [9.17, 15) is 0 Å². The van der Waals surface area contributed by atoms with Gasteiger partial charge in [-0.2, -0.15) is 0 Å². The Hall–Kier alpha value is -1.71. The van der Waals surface area contributed by atoms with Crippen LogP contribution in [-0.4, -0.2) is 16.7 Å². The van der Waals surface area contributed by atoms with E-state index < -0.39 is 0 Å². The highest BCUT2D eigenvalue weighted by atomic mass is 15.3. The zero-order chi connectivity index (χ0) is 10.4. The van der Waals surface area contributed by atoms with Gasteiger partial charge in [0.25, 0.3) is 0 Å². The summed E-state index contributed by atoms with van der Waals surface area (Å²) in [4.78, 5) is 0. The topological polar surface area (TPSA) is 55.4 Å². The first-order valence-electron chi connectivity index (χ1n) is 5.28. The molecule has 4 heteroatoms. The molecule has 78 valence electrons. The Kier molecular flexibility index (Phi) is 1.65. The molecule has 15 heavy (non-hydrogen) atoms. The lowest BCUT2D eigenvalue weighted by Gasteiger charge is -2.01. The van der Waals surface area contributed by atoms with E-state index in [-0.39, 0.29) is 0 Å². The van der Waals surface area contributed by atoms with Crippen molar-refractivity contribution in [2.24, 2.45) is 0 Å². The Labute approximate surface area is 88.1 Å². The van der Waals surface area contributed by atoms with Crippen LogP contribution < -0.4 is 11.1 Å². The predicted octanol–water partition coefficient (Wildman–Crippen LogP) is 1.45. The lowest BCUT2D eigenvalue weighted by molar-refractivity contribution is 0.845. The number of nitrogens with two attached hydrogens (primary N) is 1. The molecule has 2 aromatic rings. The average molecular weight is 202 g/mol. The van der Waals surface area contributed by atoms with Crippen LogP contribution in [0.15, 0.2) is 12.1 Å². The number of fused-ring (bicyclic) bond motifs is 3. The van der Waals surface area contributed by atoms with Gasteiger partial charge in [0.1, 0.15) is 5.69 Å². The van der Waals surface area contributed by atoms with Crippen molar-refractivity contribution in [3.05, 3.63) is 23.4 Å². The molecular formula is C11H14N4. The van der Waals surface area contributed by atoms with E-state index in [1.165, 1.54) is 24.1 Å². The normalized spacial score (nSPS) is 14.5. The van der Waals surface area contributed by atoms with E-state index in [0.29, 0.717) is 0 Å². The molecule has 0 aromatic carbocycles. The molecule has 0 unspecified atom stereocenters. The zero-order valence-electron chi connectivity index (χ0n) is 8.75. The second-order valence-electron chi connectivity index (χ2n) is 3.97. The lowest BCUT2D eigenvalue weighted by atomic mass is 10.2. The van der Waals surface area contributed by atoms with E-state index >= 15 is 0 Å². The first-order valence-corrected chi connectivity index (χ1v) is 5.28. The third kappa shape index (κ3) is 1.04. The number of aromatic nitrogens is 2. The van der Waals surface area contributed by atoms with E-state index in [1.54, 1.807) is 0 Å². The smallest absolute Gasteiger partial charge is 0.172 e. The number of pyridine rings is 1. The van der Waals surface area contributed by atoms with Crippen LogP contribution in [0.2, 0.25) is 0 Å². The summed E-state index contributed by atoms with van der Waals surface area (Å²) >= 11 is 0. The van der Waals surface area contributed by atoms with Crippen molar-refractivity contribution in [1.29, 1.82) is 0 Å². The fraction of sp³-hybridized carbons (Fsp3) is 0.364. The molecule has 3 rings (SSSR count). The molecular weight excluding hydrogens is 188 g/mol. The number of nitrogens with zero attached hydrogens (tertiary/aromatic N) is 2. The van der Waals surface area contributed by atoms with Crippen molar-refractivity contribution in [1.82, 2.24) is 9.61 Å². The summed E-state index contributed by atoms with van der Waals surface area (Å²) in [5, 5.41) is 7.50. The number of nitrogen functional groups attached to an aromatic ring is 1. The van der Waals surface area contributed by atoms with Crippen LogP contribution in [0.4, 0.5) is 11.5 Å². The molecule has 4 nitrogen and oxygen atoms in total. The largest absolute Gasteiger partial charge is 0.394 e. The summed E-state index contributed by atoms with van der Waals surface area (Å²) in [6, 6.07) is 4.24. The monoisotopic (exact) mass is 202 g/mol. The summed E-state index contributed by atoms with van der Waals surface area (Å²) in [7, 11) is 1.85. The summed E-state index contributed by atoms with van der Waals surface area (Å²) in [5.41, 5.74) is 10.5. The molecule has 0 aliphatic heterocycles. The van der Waals surface area contributed by atoms with Gasteiger partial charge in [0, 0.05) is 12.7 Å². The molecule has 0 bridgehead atoms. The summed E-state index contributed by atoms with van der Waals surface area (Å²) < 4.78 is 1.99. The van der Waals surface area contributed by atoms with Gasteiger partial charge in [0.15, 0.2) is 5.82 Å². The molecule has 3 N–H and O–H groups in total. The quantitative estimate of drug-likeness (QED) is 0.735. The molecule has 0 saturated heterocycles. The van der Waals surface area contributed by atoms with Gasteiger partial charge in [0.05, 0.1) is 5.52 Å². The molecule has 0 atom stereocenters. The number of rotatable bonds is 1. The Morgan fingerprint density at radius 1 is 1.40 bits per heavy atom. The highest BCUT2D eigenvalue weighted by Gasteiger charge is 2.17. The molecule has 1 aliphatic rings. The number of aryl methyl sites for hydroxylation is 2. The van der Waals surface area contributed by atoms with Crippen LogP contribution in [0.25, 0.3) is 5.52 Å². The van der Waals surface area contributed by atoms with Gasteiger partial charge < -0.3 is 11.1 Å². The molecule has 0 spiro atoms. The fourth-order valence-corrected chi connectivity index (χ4v) is 2.35. The van der Waals surface area contributed by atoms with Crippen LogP contribution >= 0.6 is 0 Å². The van der Waals surface area contributed by atoms with Gasteiger partial charge in [-0.15, -0.1) is 5.10 Å². The van der Waals surface area contributed by atoms with Crippen LogP contribution in [0, 0.1) is 0 Å². The molecule has 1 aliphatic carbocycles. The molecule has 2 aromatic heterocycles. The Bertz CT molecular complexity index is 527. The predicted molar refractivity (Wildman–Crippen MR) is 61.2 cm³/mol. The molecule has 2 heterocycles. The second-order valence-corrected chi connectivity index (χ2v) is 3.97. The Morgan fingerprint density at radius 3 is 3.07 bits per heavy atom. The minimum atomic E-state index is 0.743. The van der Waals surface area contributed by atoms with Crippen LogP contribution in [0.3, 0.4) is 0 Å². The fourth-order valence-electron chi connectivity index (χ4n) is 2.35. The standard InChI is InChI=1S/C11H14N4/c1-13-11-10(12)9-6-5-7-3-2-4-8(7)15(9)14-11/h5-6H,2-4,12H2,1H3,(H,13,14). The maximum Gasteiger partial charge on any atom is 0.172 e. The van der Waals surface area contributed by atoms with Gasteiger partial charge in [-0.3, -0.25) is 0 Å². The van der Waals surface area contributed by atoms with E-state index in [4.69, 9.17) is 5.73 Å². The molecule has 0 saturated carbocycles. The SMILES string of the molecule is CNc1nn2c3c(ccc2c1N)CCC3. The lowest BCUT2D eigenvalue weighted by Crippen LogP contribution is -1.98. The van der Waals surface area contributed by atoms with Gasteiger partial charge in [-0.25, -0.2) is 4.52 Å². The Balaban J connectivity index is 2.37. The number of nitrogens with one attached hydrogen (secondary N) is 1. The third-order valence-electron chi connectivity index (χ3n) is 3.12. The van der Waals surface area contributed by atoms with Gasteiger partial charge in [-0.05, 0) is 30.9 Å². The highest BCUT2D eigenvalue weighted by molar-refractivity contribution is 5.81. The maximum absolute atomic E-state index is 6.00. The first kappa shape index (κ1) is 8.59. The summed E-state index contributed by atoms with van der Waals surface area (Å²) in [6.07, 6.45) is 3.50. The highest BCUT2D eigenvalue weighted by Crippen LogP contribution is 2.29. The van der Waals surface area contributed by atoms with Crippen molar-refractivity contribution in [3.8, 4) is 0 Å². The number of hydrogen-bond donors (Lipinski definition) is 2. The summed E-state index contributed by atoms with van der Waals surface area (Å²) in [5.74, 6) is 0.773. The van der Waals surface area contributed by atoms with Crippen LogP contribution in [-0.2, 0) is 12.8 Å². The van der Waals surface area contributed by atoms with Crippen LogP contribution in [0.5, 0.6) is 0 Å². The maximum atomic E-state index is 6.00. The van der Waals surface area contributed by atoms with E-state index in [2.05, 4.69) is 22.5 Å². The number of hydrogen-bond acceptors (Lipinski definition) is 3. The average Bonchev–Trinajstić information content (AvgIpc) is 2.82. The van der Waals surface area contributed by atoms with Gasteiger partial charge >= 0.3 is 0 Å². The molecule has 0 amide bonds. The van der Waals surface area contributed by atoms with Crippen molar-refractivity contribution in [2.75, 3.05) is 18.1 Å². The van der Waals surface area contributed by atoms with Crippen molar-refractivity contribution >= 4 is 17.0 Å². The minimum absolute atomic E-state index is 0.743. The second kappa shape index (κ2) is 2.89. The van der Waals surface area contributed by atoms with Crippen molar-refractivity contribution in [2.45, 2.75) is 19.3 Å². The van der Waals surface area contributed by atoms with Gasteiger partial charge in [-0.1, -0.05) is 6.07 Å². The van der Waals surface area contributed by atoms with Crippen molar-refractivity contribution in [3.63, 3.8) is 0 Å². The minimum Gasteiger partial charge on any atom is -0.394 e. The number of anilines is 2. The Morgan fingerprint density at radius 2 is 2.27 bits per heavy atom. The third-order valence-corrected chi connectivity index (χ3v) is 3.12. The molecule has 0 fully saturated rings. The van der Waals surface area contributed by atoms with Crippen molar-refractivity contribution < 1.29 is 0 Å². The van der Waals surface area contributed by atoms with Gasteiger partial charge in [0.2, 0.25) is 0 Å². The summed E-state index contributed by atoms with van der Waals surface area (Å²) in [6.45, 7) is 0. The zero-order valence-corrected chi connectivity index (χ0v) is 8.75. The molecule has 0 radical (unpaired) electrons. The first-order chi connectivity index (χ1) is 7.31. The van der Waals surface area contributed by atoms with E-state index in [1.807, 2.05) is 11.6 Å². The van der Waals surface area contributed by atoms with E-state index in [0.717, 1.165) is 23.4 Å².